The second-order valence-electron chi connectivity index (χ2n) is 5.07. The Morgan fingerprint density at radius 2 is 1.83 bits per heavy atom. The lowest BCUT2D eigenvalue weighted by atomic mass is 9.89. The molecule has 0 aliphatic heterocycles. The van der Waals surface area contributed by atoms with Crippen molar-refractivity contribution >= 4 is 5.91 Å². The second-order valence-corrected chi connectivity index (χ2v) is 5.07. The number of amides is 1. The van der Waals surface area contributed by atoms with Gasteiger partial charge in [0.15, 0.2) is 0 Å². The summed E-state index contributed by atoms with van der Waals surface area (Å²) in [6, 6.07) is 3.91. The largest absolute Gasteiger partial charge is 0.368 e. The fourth-order valence-electron chi connectivity index (χ4n) is 2.61. The highest BCUT2D eigenvalue weighted by molar-refractivity contribution is 5.84. The van der Waals surface area contributed by atoms with Crippen LogP contribution in [0.25, 0.3) is 0 Å². The summed E-state index contributed by atoms with van der Waals surface area (Å²) in [5.41, 5.74) is 6.24. The average molecular weight is 247 g/mol. The number of pyridine rings is 1. The predicted octanol–water partition coefficient (Wildman–Crippen LogP) is 1.75. The molecule has 1 aliphatic rings. The molecule has 1 amide bonds. The van der Waals surface area contributed by atoms with E-state index in [1.807, 2.05) is 12.1 Å². The Labute approximate surface area is 108 Å². The Morgan fingerprint density at radius 1 is 1.22 bits per heavy atom. The Hall–Kier alpha value is -1.42. The van der Waals surface area contributed by atoms with Crippen LogP contribution in [0.4, 0.5) is 0 Å². The van der Waals surface area contributed by atoms with Crippen molar-refractivity contribution < 1.29 is 4.79 Å². The SMILES string of the molecule is NC(=O)C1(NCc2ccncc2)CCCCCC1. The molecule has 0 radical (unpaired) electrons. The van der Waals surface area contributed by atoms with Gasteiger partial charge >= 0.3 is 0 Å². The quantitative estimate of drug-likeness (QED) is 0.796. The molecule has 1 saturated carbocycles. The Bertz CT molecular complexity index is 383. The lowest BCUT2D eigenvalue weighted by Gasteiger charge is -2.30. The number of nitrogens with one attached hydrogen (secondary N) is 1. The maximum Gasteiger partial charge on any atom is 0.237 e. The number of nitrogens with zero attached hydrogens (tertiary/aromatic N) is 1. The maximum absolute atomic E-state index is 11.8. The van der Waals surface area contributed by atoms with Gasteiger partial charge in [0.2, 0.25) is 5.91 Å². The smallest absolute Gasteiger partial charge is 0.237 e. The Kier molecular flexibility index (Phi) is 4.31. The number of aromatic nitrogens is 1. The summed E-state index contributed by atoms with van der Waals surface area (Å²) in [5, 5.41) is 3.39. The molecule has 0 saturated heterocycles. The van der Waals surface area contributed by atoms with Crippen molar-refractivity contribution in [3.63, 3.8) is 0 Å². The third kappa shape index (κ3) is 3.07. The molecule has 3 N–H and O–H groups in total. The number of carbonyl (C=O) groups is 1. The van der Waals surface area contributed by atoms with Crippen molar-refractivity contribution in [2.75, 3.05) is 0 Å². The molecular weight excluding hydrogens is 226 g/mol. The van der Waals surface area contributed by atoms with E-state index in [1.165, 1.54) is 12.8 Å². The normalized spacial score (nSPS) is 19.1. The number of primary amides is 1. The van der Waals surface area contributed by atoms with Crippen molar-refractivity contribution in [2.24, 2.45) is 5.73 Å². The van der Waals surface area contributed by atoms with Crippen molar-refractivity contribution in [2.45, 2.75) is 50.6 Å². The third-order valence-corrected chi connectivity index (χ3v) is 3.81. The molecule has 4 nitrogen and oxygen atoms in total. The Morgan fingerprint density at radius 3 is 2.39 bits per heavy atom. The number of nitrogens with two attached hydrogens (primary N) is 1. The van der Waals surface area contributed by atoms with Crippen LogP contribution < -0.4 is 11.1 Å². The Balaban J connectivity index is 2.04. The van der Waals surface area contributed by atoms with Crippen molar-refractivity contribution in [1.82, 2.24) is 10.3 Å². The number of hydrogen-bond acceptors (Lipinski definition) is 3. The summed E-state index contributed by atoms with van der Waals surface area (Å²) in [6.07, 6.45) is 9.79. The molecule has 2 rings (SSSR count). The second kappa shape index (κ2) is 5.96. The van der Waals surface area contributed by atoms with Crippen LogP contribution in [0.2, 0.25) is 0 Å². The fraction of sp³-hybridized carbons (Fsp3) is 0.571. The highest BCUT2D eigenvalue weighted by atomic mass is 16.1. The molecule has 1 aromatic rings. The summed E-state index contributed by atoms with van der Waals surface area (Å²) >= 11 is 0. The number of rotatable bonds is 4. The first kappa shape index (κ1) is 13.0. The number of hydrogen-bond donors (Lipinski definition) is 2. The number of carbonyl (C=O) groups excluding carboxylic acids is 1. The molecule has 1 fully saturated rings. The van der Waals surface area contributed by atoms with Crippen molar-refractivity contribution in [1.29, 1.82) is 0 Å². The predicted molar refractivity (Wildman–Crippen MR) is 70.7 cm³/mol. The van der Waals surface area contributed by atoms with E-state index in [4.69, 9.17) is 5.73 Å². The van der Waals surface area contributed by atoms with Gasteiger partial charge in [-0.3, -0.25) is 15.1 Å². The highest BCUT2D eigenvalue weighted by Gasteiger charge is 2.36. The van der Waals surface area contributed by atoms with Crippen LogP contribution in [0.3, 0.4) is 0 Å². The van der Waals surface area contributed by atoms with Crippen molar-refractivity contribution in [3.8, 4) is 0 Å². The average Bonchev–Trinajstić information content (AvgIpc) is 2.64. The zero-order chi connectivity index (χ0) is 12.8. The lowest BCUT2D eigenvalue weighted by Crippen LogP contribution is -2.54. The van der Waals surface area contributed by atoms with Crippen LogP contribution >= 0.6 is 0 Å². The van der Waals surface area contributed by atoms with Crippen molar-refractivity contribution in [3.05, 3.63) is 30.1 Å². The monoisotopic (exact) mass is 247 g/mol. The van der Waals surface area contributed by atoms with E-state index in [1.54, 1.807) is 12.4 Å². The molecule has 0 aromatic carbocycles. The van der Waals surface area contributed by atoms with Gasteiger partial charge in [0.25, 0.3) is 0 Å². The van der Waals surface area contributed by atoms with Gasteiger partial charge in [-0.15, -0.1) is 0 Å². The van der Waals surface area contributed by atoms with E-state index in [0.717, 1.165) is 31.2 Å². The van der Waals surface area contributed by atoms with Crippen LogP contribution in [0.15, 0.2) is 24.5 Å². The topological polar surface area (TPSA) is 68.0 Å². The van der Waals surface area contributed by atoms with Gasteiger partial charge in [-0.25, -0.2) is 0 Å². The standard InChI is InChI=1S/C14H21N3O/c15-13(18)14(7-3-1-2-4-8-14)17-11-12-5-9-16-10-6-12/h5-6,9-10,17H,1-4,7-8,11H2,(H2,15,18). The van der Waals surface area contributed by atoms with Crippen LogP contribution in [0.5, 0.6) is 0 Å². The first-order valence-corrected chi connectivity index (χ1v) is 6.67. The molecule has 0 spiro atoms. The van der Waals surface area contributed by atoms with Gasteiger partial charge in [0.05, 0.1) is 5.54 Å². The summed E-state index contributed by atoms with van der Waals surface area (Å²) in [4.78, 5) is 15.8. The zero-order valence-corrected chi connectivity index (χ0v) is 10.7. The van der Waals surface area contributed by atoms with Gasteiger partial charge in [-0.1, -0.05) is 25.7 Å². The highest BCUT2D eigenvalue weighted by Crippen LogP contribution is 2.27. The molecule has 18 heavy (non-hydrogen) atoms. The van der Waals surface area contributed by atoms with Gasteiger partial charge in [0, 0.05) is 18.9 Å². The van der Waals surface area contributed by atoms with Gasteiger partial charge in [-0.05, 0) is 30.5 Å². The molecule has 0 bridgehead atoms. The molecule has 1 aliphatic carbocycles. The summed E-state index contributed by atoms with van der Waals surface area (Å²) in [7, 11) is 0. The molecular formula is C14H21N3O. The molecule has 1 aromatic heterocycles. The van der Waals surface area contributed by atoms with Crippen LogP contribution in [-0.2, 0) is 11.3 Å². The van der Waals surface area contributed by atoms with Gasteiger partial charge in [0.1, 0.15) is 0 Å². The first-order valence-electron chi connectivity index (χ1n) is 6.67. The van der Waals surface area contributed by atoms with E-state index >= 15 is 0 Å². The lowest BCUT2D eigenvalue weighted by molar-refractivity contribution is -0.125. The summed E-state index contributed by atoms with van der Waals surface area (Å²) < 4.78 is 0. The third-order valence-electron chi connectivity index (χ3n) is 3.81. The van der Waals surface area contributed by atoms with E-state index in [-0.39, 0.29) is 5.91 Å². The molecule has 1 heterocycles. The molecule has 0 atom stereocenters. The summed E-state index contributed by atoms with van der Waals surface area (Å²) in [5.74, 6) is -0.210. The van der Waals surface area contributed by atoms with Crippen LogP contribution in [-0.4, -0.2) is 16.4 Å². The fourth-order valence-corrected chi connectivity index (χ4v) is 2.61. The van der Waals surface area contributed by atoms with Gasteiger partial charge in [-0.2, -0.15) is 0 Å². The van der Waals surface area contributed by atoms with E-state index < -0.39 is 5.54 Å². The maximum atomic E-state index is 11.8. The molecule has 4 heteroatoms. The van der Waals surface area contributed by atoms with E-state index in [9.17, 15) is 4.79 Å². The van der Waals surface area contributed by atoms with Crippen LogP contribution in [0, 0.1) is 0 Å². The minimum Gasteiger partial charge on any atom is -0.368 e. The minimum absolute atomic E-state index is 0.210. The summed E-state index contributed by atoms with van der Waals surface area (Å²) in [6.45, 7) is 0.672. The first-order chi connectivity index (χ1) is 8.73. The molecule has 98 valence electrons. The minimum atomic E-state index is -0.514. The van der Waals surface area contributed by atoms with E-state index in [2.05, 4.69) is 10.3 Å². The van der Waals surface area contributed by atoms with Gasteiger partial charge < -0.3 is 5.73 Å². The molecule has 0 unspecified atom stereocenters. The van der Waals surface area contributed by atoms with Crippen LogP contribution in [0.1, 0.15) is 44.1 Å². The van der Waals surface area contributed by atoms with E-state index in [0.29, 0.717) is 6.54 Å². The zero-order valence-electron chi connectivity index (χ0n) is 10.7.